The van der Waals surface area contributed by atoms with Gasteiger partial charge >= 0.3 is 0 Å². The Labute approximate surface area is 338 Å². The number of carbonyl (C=O) groups excluding carboxylic acids is 7. The van der Waals surface area contributed by atoms with Crippen molar-refractivity contribution < 1.29 is 33.6 Å². The predicted molar refractivity (Wildman–Crippen MR) is 220 cm³/mol. The number of hydrogen-bond acceptors (Lipinski definition) is 7. The van der Waals surface area contributed by atoms with Crippen LogP contribution in [0.15, 0.2) is 170 Å². The van der Waals surface area contributed by atoms with Gasteiger partial charge in [-0.05, 0) is 81.9 Å². The Morgan fingerprint density at radius 3 is 0.763 bits per heavy atom. The summed E-state index contributed by atoms with van der Waals surface area (Å²) in [6.45, 7) is 0.497. The molecule has 0 bridgehead atoms. The molecule has 9 rings (SSSR count). The highest BCUT2D eigenvalue weighted by atomic mass is 16.2. The van der Waals surface area contributed by atoms with Gasteiger partial charge in [-0.3, -0.25) is 33.6 Å². The van der Waals surface area contributed by atoms with Gasteiger partial charge in [0.05, 0.1) is 17.1 Å². The molecule has 0 saturated carbocycles. The Balaban J connectivity index is 1.09. The van der Waals surface area contributed by atoms with Crippen molar-refractivity contribution >= 4 is 64.1 Å². The van der Waals surface area contributed by atoms with Crippen LogP contribution in [0.5, 0.6) is 0 Å². The van der Waals surface area contributed by atoms with Crippen LogP contribution in [0.3, 0.4) is 0 Å². The van der Waals surface area contributed by atoms with Gasteiger partial charge in [-0.1, -0.05) is 78.9 Å². The van der Waals surface area contributed by atoms with Crippen LogP contribution in [0, 0.1) is 0 Å². The lowest BCUT2D eigenvalue weighted by molar-refractivity contribution is -0.121. The molecule has 5 aromatic carbocycles. The molecule has 4 aliphatic heterocycles. The van der Waals surface area contributed by atoms with E-state index in [0.29, 0.717) is 23.6 Å². The molecule has 1 unspecified atom stereocenters. The van der Waals surface area contributed by atoms with E-state index in [1.807, 2.05) is 91.0 Å². The maximum atomic E-state index is 12.4. The van der Waals surface area contributed by atoms with Crippen molar-refractivity contribution in [3.8, 4) is 0 Å². The normalized spacial score (nSPS) is 16.7. The molecule has 4 heterocycles. The summed E-state index contributed by atoms with van der Waals surface area (Å²) < 4.78 is 0. The fourth-order valence-electron chi connectivity index (χ4n) is 7.97. The molecule has 0 radical (unpaired) electrons. The van der Waals surface area contributed by atoms with Gasteiger partial charge in [0.2, 0.25) is 0 Å². The van der Waals surface area contributed by atoms with Crippen LogP contribution < -0.4 is 19.6 Å². The SMILES string of the molecule is O=C1C=CCN1c1ccc(C(c2ccc(C(c3ccc(N4C(=O)C=CC4=O)cc3)c3ccc(N4C(=O)C=CC4=O)cc3)cc2)c2ccc(N3C(=O)C=CC3=O)cc2)cc1. The van der Waals surface area contributed by atoms with Gasteiger partial charge in [-0.15, -0.1) is 0 Å². The second-order valence-corrected chi connectivity index (χ2v) is 14.3. The van der Waals surface area contributed by atoms with E-state index < -0.39 is 35.4 Å². The summed E-state index contributed by atoms with van der Waals surface area (Å²) in [7, 11) is 0. The minimum absolute atomic E-state index is 0.0788. The summed E-state index contributed by atoms with van der Waals surface area (Å²) in [4.78, 5) is 92.1. The molecule has 7 amide bonds. The van der Waals surface area contributed by atoms with Gasteiger partial charge in [0.15, 0.2) is 0 Å². The molecule has 0 fully saturated rings. The standard InChI is InChI=1S/C48H32N4O7/c53-40-2-1-29-49(40)36-15-7-32(8-16-36)47(33-9-17-37(18-10-33)50-41(54)23-24-42(50)55)30-3-5-31(6-4-30)48(34-11-19-38(20-12-34)51-43(56)25-26-44(51)57)35-13-21-39(22-14-35)52-45(58)27-28-46(52)59/h1-28,47-48H,29H2. The van der Waals surface area contributed by atoms with Crippen molar-refractivity contribution in [1.29, 1.82) is 0 Å². The first kappa shape index (κ1) is 36.6. The average Bonchev–Trinajstić information content (AvgIpc) is 4.02. The van der Waals surface area contributed by atoms with Gasteiger partial charge in [0.1, 0.15) is 0 Å². The van der Waals surface area contributed by atoms with Crippen molar-refractivity contribution in [2.24, 2.45) is 0 Å². The van der Waals surface area contributed by atoms with Gasteiger partial charge in [-0.25, -0.2) is 14.7 Å². The molecule has 59 heavy (non-hydrogen) atoms. The fraction of sp³-hybridized carbons (Fsp3) is 0.0625. The van der Waals surface area contributed by atoms with E-state index in [1.54, 1.807) is 47.4 Å². The molecule has 1 atom stereocenters. The number of rotatable bonds is 10. The van der Waals surface area contributed by atoms with E-state index in [2.05, 4.69) is 0 Å². The summed E-state index contributed by atoms with van der Waals surface area (Å²) in [6, 6.07) is 37.7. The second kappa shape index (κ2) is 14.8. The van der Waals surface area contributed by atoms with Gasteiger partial charge in [0, 0.05) is 66.6 Å². The number of nitrogens with zero attached hydrogens (tertiary/aromatic N) is 4. The minimum atomic E-state index is -0.415. The molecule has 11 heteroatoms. The van der Waals surface area contributed by atoms with Crippen LogP contribution in [-0.4, -0.2) is 47.9 Å². The fourth-order valence-corrected chi connectivity index (χ4v) is 7.97. The minimum Gasteiger partial charge on any atom is -0.305 e. The Morgan fingerprint density at radius 2 is 0.525 bits per heavy atom. The van der Waals surface area contributed by atoms with Crippen molar-refractivity contribution in [2.45, 2.75) is 11.8 Å². The van der Waals surface area contributed by atoms with Crippen LogP contribution >= 0.6 is 0 Å². The first-order chi connectivity index (χ1) is 28.6. The van der Waals surface area contributed by atoms with Crippen molar-refractivity contribution in [3.63, 3.8) is 0 Å². The van der Waals surface area contributed by atoms with E-state index in [-0.39, 0.29) is 17.7 Å². The lowest BCUT2D eigenvalue weighted by Gasteiger charge is -2.24. The highest BCUT2D eigenvalue weighted by Gasteiger charge is 2.29. The van der Waals surface area contributed by atoms with Crippen LogP contribution in [0.25, 0.3) is 0 Å². The first-order valence-electron chi connectivity index (χ1n) is 18.8. The Hall–Kier alpha value is -8.05. The zero-order valence-corrected chi connectivity index (χ0v) is 31.2. The second-order valence-electron chi connectivity index (χ2n) is 14.3. The molecule has 0 aromatic heterocycles. The van der Waals surface area contributed by atoms with Crippen molar-refractivity contribution in [2.75, 3.05) is 26.1 Å². The van der Waals surface area contributed by atoms with Gasteiger partial charge in [-0.2, -0.15) is 0 Å². The molecule has 0 aliphatic carbocycles. The number of carbonyl (C=O) groups is 7. The quantitative estimate of drug-likeness (QED) is 0.121. The topological polar surface area (TPSA) is 132 Å². The smallest absolute Gasteiger partial charge is 0.258 e. The van der Waals surface area contributed by atoms with E-state index in [1.165, 1.54) is 36.5 Å². The largest absolute Gasteiger partial charge is 0.305 e. The third kappa shape index (κ3) is 6.70. The number of amides is 7. The number of hydrogen-bond donors (Lipinski definition) is 0. The monoisotopic (exact) mass is 776 g/mol. The molecule has 286 valence electrons. The van der Waals surface area contributed by atoms with Crippen LogP contribution in [-0.2, 0) is 33.6 Å². The zero-order chi connectivity index (χ0) is 40.8. The highest BCUT2D eigenvalue weighted by molar-refractivity contribution is 6.29. The maximum Gasteiger partial charge on any atom is 0.258 e. The predicted octanol–water partition coefficient (Wildman–Crippen LogP) is 6.24. The molecule has 0 spiro atoms. The van der Waals surface area contributed by atoms with E-state index in [9.17, 15) is 33.6 Å². The molecule has 0 N–H and O–H groups in total. The van der Waals surface area contributed by atoms with Crippen LogP contribution in [0.4, 0.5) is 22.7 Å². The maximum absolute atomic E-state index is 12.4. The first-order valence-corrected chi connectivity index (χ1v) is 18.8. The zero-order valence-electron chi connectivity index (χ0n) is 31.2. The Bertz CT molecular complexity index is 2570. The highest BCUT2D eigenvalue weighted by Crippen LogP contribution is 2.39. The molecular formula is C48H32N4O7. The third-order valence-corrected chi connectivity index (χ3v) is 10.8. The molecule has 11 nitrogen and oxygen atoms in total. The van der Waals surface area contributed by atoms with Crippen molar-refractivity contribution in [3.05, 3.63) is 203 Å². The van der Waals surface area contributed by atoms with Crippen molar-refractivity contribution in [1.82, 2.24) is 0 Å². The Morgan fingerprint density at radius 1 is 0.288 bits per heavy atom. The number of anilines is 4. The van der Waals surface area contributed by atoms with E-state index in [0.717, 1.165) is 53.8 Å². The molecular weight excluding hydrogens is 745 g/mol. The summed E-state index contributed by atoms with van der Waals surface area (Å²) in [6.07, 6.45) is 10.8. The van der Waals surface area contributed by atoms with Crippen LogP contribution in [0.1, 0.15) is 45.2 Å². The lowest BCUT2D eigenvalue weighted by atomic mass is 9.81. The van der Waals surface area contributed by atoms with E-state index >= 15 is 0 Å². The summed E-state index contributed by atoms with van der Waals surface area (Å²) in [5.41, 5.74) is 7.58. The van der Waals surface area contributed by atoms with E-state index in [4.69, 9.17) is 0 Å². The molecule has 5 aromatic rings. The summed E-state index contributed by atoms with van der Waals surface area (Å²) in [5.74, 6) is -3.17. The third-order valence-electron chi connectivity index (χ3n) is 10.8. The van der Waals surface area contributed by atoms with Gasteiger partial charge in [0.25, 0.3) is 41.4 Å². The number of imide groups is 3. The number of benzene rings is 5. The molecule has 4 aliphatic rings. The van der Waals surface area contributed by atoms with Gasteiger partial charge < -0.3 is 4.90 Å². The lowest BCUT2D eigenvalue weighted by Crippen LogP contribution is -2.29. The average molecular weight is 777 g/mol. The Kier molecular flexibility index (Phi) is 9.17. The molecule has 0 saturated heterocycles. The summed E-state index contributed by atoms with van der Waals surface area (Å²) in [5, 5.41) is 0. The van der Waals surface area contributed by atoms with Crippen LogP contribution in [0.2, 0.25) is 0 Å². The summed E-state index contributed by atoms with van der Waals surface area (Å²) >= 11 is 0.